The van der Waals surface area contributed by atoms with Crippen LogP contribution in [0.25, 0.3) is 0 Å². The van der Waals surface area contributed by atoms with E-state index in [4.69, 9.17) is 0 Å². The van der Waals surface area contributed by atoms with E-state index in [-0.39, 0.29) is 6.61 Å². The molecule has 86 valence electrons. The Morgan fingerprint density at radius 2 is 1.81 bits per heavy atom. The van der Waals surface area contributed by atoms with Gasteiger partial charge in [-0.15, -0.1) is 0 Å². The highest BCUT2D eigenvalue weighted by molar-refractivity contribution is 6.37. The van der Waals surface area contributed by atoms with Gasteiger partial charge in [0.2, 0.25) is 0 Å². The van der Waals surface area contributed by atoms with E-state index in [1.807, 2.05) is 19.1 Å². The number of carbonyl (C=O) groups is 2. The SMILES string of the molecule is CCOC(=O)C(=O)Nc1ccc(CC)cc1. The van der Waals surface area contributed by atoms with E-state index >= 15 is 0 Å². The first-order valence-corrected chi connectivity index (χ1v) is 5.24. The second-order valence-electron chi connectivity index (χ2n) is 3.23. The first kappa shape index (κ1) is 12.2. The molecule has 0 atom stereocenters. The van der Waals surface area contributed by atoms with Gasteiger partial charge in [-0.25, -0.2) is 4.79 Å². The number of aryl methyl sites for hydroxylation is 1. The Morgan fingerprint density at radius 1 is 1.19 bits per heavy atom. The molecule has 0 spiro atoms. The molecule has 1 aromatic rings. The van der Waals surface area contributed by atoms with Crippen LogP contribution in [0.1, 0.15) is 19.4 Å². The molecule has 0 aliphatic rings. The van der Waals surface area contributed by atoms with E-state index in [0.29, 0.717) is 5.69 Å². The molecular weight excluding hydrogens is 206 g/mol. The molecule has 0 radical (unpaired) electrons. The van der Waals surface area contributed by atoms with E-state index in [1.54, 1.807) is 19.1 Å². The lowest BCUT2D eigenvalue weighted by atomic mass is 10.1. The van der Waals surface area contributed by atoms with Gasteiger partial charge in [-0.3, -0.25) is 4.79 Å². The Hall–Kier alpha value is -1.84. The molecule has 0 aromatic heterocycles. The average molecular weight is 221 g/mol. The maximum absolute atomic E-state index is 11.3. The van der Waals surface area contributed by atoms with Gasteiger partial charge in [-0.2, -0.15) is 0 Å². The first-order chi connectivity index (χ1) is 7.67. The monoisotopic (exact) mass is 221 g/mol. The van der Waals surface area contributed by atoms with Crippen molar-refractivity contribution in [3.8, 4) is 0 Å². The summed E-state index contributed by atoms with van der Waals surface area (Å²) in [5.41, 5.74) is 1.77. The molecule has 1 amide bonds. The molecule has 4 nitrogen and oxygen atoms in total. The van der Waals surface area contributed by atoms with Gasteiger partial charge in [-0.05, 0) is 31.0 Å². The van der Waals surface area contributed by atoms with E-state index in [0.717, 1.165) is 6.42 Å². The first-order valence-electron chi connectivity index (χ1n) is 5.24. The third-order valence-electron chi connectivity index (χ3n) is 2.08. The third kappa shape index (κ3) is 3.38. The molecule has 0 fully saturated rings. The number of amides is 1. The highest BCUT2D eigenvalue weighted by atomic mass is 16.5. The van der Waals surface area contributed by atoms with Crippen molar-refractivity contribution >= 4 is 17.6 Å². The lowest BCUT2D eigenvalue weighted by Gasteiger charge is -2.05. The summed E-state index contributed by atoms with van der Waals surface area (Å²) < 4.78 is 4.57. The zero-order valence-electron chi connectivity index (χ0n) is 9.45. The lowest BCUT2D eigenvalue weighted by Crippen LogP contribution is -2.24. The van der Waals surface area contributed by atoms with E-state index in [1.165, 1.54) is 5.56 Å². The summed E-state index contributed by atoms with van der Waals surface area (Å²) in [7, 11) is 0. The van der Waals surface area contributed by atoms with Crippen LogP contribution in [0.15, 0.2) is 24.3 Å². The molecule has 4 heteroatoms. The number of nitrogens with one attached hydrogen (secondary N) is 1. The second-order valence-corrected chi connectivity index (χ2v) is 3.23. The van der Waals surface area contributed by atoms with Crippen LogP contribution < -0.4 is 5.32 Å². The van der Waals surface area contributed by atoms with Crippen molar-refractivity contribution < 1.29 is 14.3 Å². The van der Waals surface area contributed by atoms with E-state index < -0.39 is 11.9 Å². The van der Waals surface area contributed by atoms with Crippen LogP contribution in [-0.4, -0.2) is 18.5 Å². The predicted molar refractivity (Wildman–Crippen MR) is 61.1 cm³/mol. The zero-order valence-corrected chi connectivity index (χ0v) is 9.45. The number of benzene rings is 1. The normalized spacial score (nSPS) is 9.62. The summed E-state index contributed by atoms with van der Waals surface area (Å²) in [6.45, 7) is 3.90. The molecule has 16 heavy (non-hydrogen) atoms. The van der Waals surface area contributed by atoms with Gasteiger partial charge < -0.3 is 10.1 Å². The van der Waals surface area contributed by atoms with Crippen molar-refractivity contribution in [2.24, 2.45) is 0 Å². The molecule has 0 aliphatic carbocycles. The topological polar surface area (TPSA) is 55.4 Å². The fourth-order valence-corrected chi connectivity index (χ4v) is 1.20. The van der Waals surface area contributed by atoms with Crippen LogP contribution >= 0.6 is 0 Å². The Bertz CT molecular complexity index is 370. The summed E-state index contributed by atoms with van der Waals surface area (Å²) >= 11 is 0. The summed E-state index contributed by atoms with van der Waals surface area (Å²) in [6, 6.07) is 7.33. The standard InChI is InChI=1S/C12H15NO3/c1-3-9-5-7-10(8-6-9)13-11(14)12(15)16-4-2/h5-8H,3-4H2,1-2H3,(H,13,14). The second kappa shape index (κ2) is 5.90. The minimum Gasteiger partial charge on any atom is -0.459 e. The van der Waals surface area contributed by atoms with Crippen molar-refractivity contribution in [1.29, 1.82) is 0 Å². The van der Waals surface area contributed by atoms with Crippen LogP contribution in [0.5, 0.6) is 0 Å². The Kier molecular flexibility index (Phi) is 4.51. The number of hydrogen-bond donors (Lipinski definition) is 1. The predicted octanol–water partition coefficient (Wildman–Crippen LogP) is 1.75. The van der Waals surface area contributed by atoms with E-state index in [2.05, 4.69) is 10.1 Å². The highest BCUT2D eigenvalue weighted by Crippen LogP contribution is 2.09. The molecule has 0 bridgehead atoms. The van der Waals surface area contributed by atoms with Gasteiger partial charge in [0, 0.05) is 5.69 Å². The van der Waals surface area contributed by atoms with Crippen molar-refractivity contribution in [3.63, 3.8) is 0 Å². The fraction of sp³-hybridized carbons (Fsp3) is 0.333. The summed E-state index contributed by atoms with van der Waals surface area (Å²) in [6.07, 6.45) is 0.937. The number of esters is 1. The summed E-state index contributed by atoms with van der Waals surface area (Å²) in [4.78, 5) is 22.3. The molecule has 0 saturated carbocycles. The molecule has 0 aliphatic heterocycles. The Balaban J connectivity index is 2.59. The summed E-state index contributed by atoms with van der Waals surface area (Å²) in [5, 5.41) is 2.46. The molecule has 1 rings (SSSR count). The van der Waals surface area contributed by atoms with Crippen LogP contribution in [0.2, 0.25) is 0 Å². The van der Waals surface area contributed by atoms with Crippen LogP contribution in [-0.2, 0) is 20.7 Å². The number of carbonyl (C=O) groups excluding carboxylic acids is 2. The van der Waals surface area contributed by atoms with Gasteiger partial charge in [-0.1, -0.05) is 19.1 Å². The highest BCUT2D eigenvalue weighted by Gasteiger charge is 2.14. The number of hydrogen-bond acceptors (Lipinski definition) is 3. The van der Waals surface area contributed by atoms with Crippen LogP contribution in [0.3, 0.4) is 0 Å². The number of ether oxygens (including phenoxy) is 1. The lowest BCUT2D eigenvalue weighted by molar-refractivity contribution is -0.152. The van der Waals surface area contributed by atoms with Gasteiger partial charge in [0.25, 0.3) is 0 Å². The number of rotatable bonds is 3. The van der Waals surface area contributed by atoms with Gasteiger partial charge >= 0.3 is 11.9 Å². The van der Waals surface area contributed by atoms with Gasteiger partial charge in [0.15, 0.2) is 0 Å². The van der Waals surface area contributed by atoms with Crippen molar-refractivity contribution in [3.05, 3.63) is 29.8 Å². The number of anilines is 1. The van der Waals surface area contributed by atoms with Crippen molar-refractivity contribution in [1.82, 2.24) is 0 Å². The fourth-order valence-electron chi connectivity index (χ4n) is 1.20. The van der Waals surface area contributed by atoms with E-state index in [9.17, 15) is 9.59 Å². The Labute approximate surface area is 94.6 Å². The van der Waals surface area contributed by atoms with Crippen LogP contribution in [0.4, 0.5) is 5.69 Å². The third-order valence-corrected chi connectivity index (χ3v) is 2.08. The minimum absolute atomic E-state index is 0.195. The minimum atomic E-state index is -0.859. The summed E-state index contributed by atoms with van der Waals surface area (Å²) in [5.74, 6) is -1.60. The molecule has 0 heterocycles. The van der Waals surface area contributed by atoms with Gasteiger partial charge in [0.05, 0.1) is 6.61 Å². The Morgan fingerprint density at radius 3 is 2.31 bits per heavy atom. The molecule has 0 unspecified atom stereocenters. The maximum Gasteiger partial charge on any atom is 0.397 e. The smallest absolute Gasteiger partial charge is 0.397 e. The maximum atomic E-state index is 11.3. The zero-order chi connectivity index (χ0) is 12.0. The molecule has 1 N–H and O–H groups in total. The quantitative estimate of drug-likeness (QED) is 0.625. The largest absolute Gasteiger partial charge is 0.459 e. The van der Waals surface area contributed by atoms with Crippen molar-refractivity contribution in [2.75, 3.05) is 11.9 Å². The molecule has 1 aromatic carbocycles. The van der Waals surface area contributed by atoms with Crippen molar-refractivity contribution in [2.45, 2.75) is 20.3 Å². The average Bonchev–Trinajstić information content (AvgIpc) is 2.30. The molecular formula is C12H15NO3. The molecule has 0 saturated heterocycles. The van der Waals surface area contributed by atoms with Crippen LogP contribution in [0, 0.1) is 0 Å². The van der Waals surface area contributed by atoms with Gasteiger partial charge in [0.1, 0.15) is 0 Å².